The lowest BCUT2D eigenvalue weighted by atomic mass is 9.80. The number of nitrogens with one attached hydrogen (secondary N) is 1. The van der Waals surface area contributed by atoms with Crippen molar-refractivity contribution in [1.29, 1.82) is 0 Å². The molecular formula is C16H26N2O. The first-order valence-corrected chi connectivity index (χ1v) is 7.52. The highest BCUT2D eigenvalue weighted by atomic mass is 16.1. The first-order chi connectivity index (χ1) is 8.90. The van der Waals surface area contributed by atoms with E-state index in [9.17, 15) is 4.79 Å². The number of aromatic amines is 1. The van der Waals surface area contributed by atoms with Gasteiger partial charge < -0.3 is 4.98 Å². The van der Waals surface area contributed by atoms with Crippen molar-refractivity contribution in [3.63, 3.8) is 0 Å². The third kappa shape index (κ3) is 3.46. The number of nitrogens with zero attached hydrogens (tertiary/aromatic N) is 1. The van der Waals surface area contributed by atoms with E-state index in [4.69, 9.17) is 4.98 Å². The van der Waals surface area contributed by atoms with Gasteiger partial charge in [-0.2, -0.15) is 0 Å². The predicted octanol–water partition coefficient (Wildman–Crippen LogP) is 3.75. The summed E-state index contributed by atoms with van der Waals surface area (Å²) in [5.74, 6) is 2.22. The molecule has 3 nitrogen and oxygen atoms in total. The van der Waals surface area contributed by atoms with Gasteiger partial charge in [0.2, 0.25) is 0 Å². The van der Waals surface area contributed by atoms with Gasteiger partial charge in [0.15, 0.2) is 0 Å². The molecule has 1 saturated carbocycles. The predicted molar refractivity (Wildman–Crippen MR) is 78.5 cm³/mol. The van der Waals surface area contributed by atoms with Crippen molar-refractivity contribution in [3.8, 4) is 0 Å². The topological polar surface area (TPSA) is 45.8 Å². The van der Waals surface area contributed by atoms with Crippen molar-refractivity contribution < 1.29 is 0 Å². The highest BCUT2D eigenvalue weighted by Crippen LogP contribution is 2.35. The summed E-state index contributed by atoms with van der Waals surface area (Å²) >= 11 is 0. The van der Waals surface area contributed by atoms with Crippen LogP contribution in [0.1, 0.15) is 77.2 Å². The molecule has 2 rings (SSSR count). The zero-order valence-electron chi connectivity index (χ0n) is 12.6. The third-order valence-corrected chi connectivity index (χ3v) is 4.34. The van der Waals surface area contributed by atoms with Crippen molar-refractivity contribution in [2.75, 3.05) is 0 Å². The lowest BCUT2D eigenvalue weighted by Gasteiger charge is -2.28. The fourth-order valence-electron chi connectivity index (χ4n) is 2.90. The Bertz CT molecular complexity index is 476. The SMILES string of the molecule is CCC1CCC(c2nc(C(C)(C)C)cc(=O)[nH]2)CC1. The summed E-state index contributed by atoms with van der Waals surface area (Å²) in [6.45, 7) is 8.58. The average molecular weight is 262 g/mol. The van der Waals surface area contributed by atoms with E-state index >= 15 is 0 Å². The van der Waals surface area contributed by atoms with Crippen LogP contribution in [0, 0.1) is 5.92 Å². The first-order valence-electron chi connectivity index (χ1n) is 7.52. The second-order valence-corrected chi connectivity index (χ2v) is 6.89. The van der Waals surface area contributed by atoms with Gasteiger partial charge in [0.05, 0.1) is 5.69 Å². The molecule has 19 heavy (non-hydrogen) atoms. The van der Waals surface area contributed by atoms with E-state index in [1.54, 1.807) is 6.07 Å². The molecule has 0 atom stereocenters. The van der Waals surface area contributed by atoms with Crippen LogP contribution in [-0.4, -0.2) is 9.97 Å². The van der Waals surface area contributed by atoms with E-state index in [2.05, 4.69) is 32.7 Å². The minimum atomic E-state index is -0.0658. The Balaban J connectivity index is 2.21. The van der Waals surface area contributed by atoms with E-state index < -0.39 is 0 Å². The van der Waals surface area contributed by atoms with Crippen molar-refractivity contribution >= 4 is 0 Å². The van der Waals surface area contributed by atoms with Gasteiger partial charge >= 0.3 is 0 Å². The molecular weight excluding hydrogens is 236 g/mol. The van der Waals surface area contributed by atoms with Gasteiger partial charge in [-0.3, -0.25) is 4.79 Å². The van der Waals surface area contributed by atoms with Gasteiger partial charge in [-0.25, -0.2) is 4.98 Å². The Labute approximate surface area is 115 Å². The maximum atomic E-state index is 11.8. The van der Waals surface area contributed by atoms with Crippen LogP contribution in [0.4, 0.5) is 0 Å². The second kappa shape index (κ2) is 5.48. The molecule has 1 aliphatic rings. The molecule has 0 aliphatic heterocycles. The van der Waals surface area contributed by atoms with Crippen molar-refractivity contribution in [3.05, 3.63) is 27.9 Å². The Morgan fingerprint density at radius 3 is 2.42 bits per heavy atom. The molecule has 3 heteroatoms. The summed E-state index contributed by atoms with van der Waals surface area (Å²) < 4.78 is 0. The Morgan fingerprint density at radius 2 is 1.89 bits per heavy atom. The highest BCUT2D eigenvalue weighted by molar-refractivity contribution is 5.14. The van der Waals surface area contributed by atoms with E-state index in [0.717, 1.165) is 30.3 Å². The van der Waals surface area contributed by atoms with Gasteiger partial charge in [-0.05, 0) is 31.6 Å². The molecule has 1 N–H and O–H groups in total. The van der Waals surface area contributed by atoms with E-state index in [1.165, 1.54) is 19.3 Å². The number of aromatic nitrogens is 2. The molecule has 0 unspecified atom stereocenters. The molecule has 0 amide bonds. The number of H-pyrrole nitrogens is 1. The first kappa shape index (κ1) is 14.3. The Kier molecular flexibility index (Phi) is 4.12. The van der Waals surface area contributed by atoms with Gasteiger partial charge in [-0.1, -0.05) is 34.1 Å². The smallest absolute Gasteiger partial charge is 0.251 e. The molecule has 106 valence electrons. The largest absolute Gasteiger partial charge is 0.310 e. The highest BCUT2D eigenvalue weighted by Gasteiger charge is 2.25. The van der Waals surface area contributed by atoms with Crippen LogP contribution < -0.4 is 5.56 Å². The molecule has 0 saturated heterocycles. The standard InChI is InChI=1S/C16H26N2O/c1-5-11-6-8-12(9-7-11)15-17-13(16(2,3)4)10-14(19)18-15/h10-12H,5-9H2,1-4H3,(H,17,18,19). The van der Waals surface area contributed by atoms with Crippen LogP contribution in [0.2, 0.25) is 0 Å². The fourth-order valence-corrected chi connectivity index (χ4v) is 2.90. The van der Waals surface area contributed by atoms with Gasteiger partial charge in [0, 0.05) is 17.4 Å². The average Bonchev–Trinajstić information content (AvgIpc) is 2.37. The zero-order chi connectivity index (χ0) is 14.0. The molecule has 0 aromatic carbocycles. The van der Waals surface area contributed by atoms with Crippen LogP contribution in [0.3, 0.4) is 0 Å². The summed E-state index contributed by atoms with van der Waals surface area (Å²) in [5, 5.41) is 0. The van der Waals surface area contributed by atoms with Crippen molar-refractivity contribution in [2.45, 2.75) is 71.1 Å². The lowest BCUT2D eigenvalue weighted by Crippen LogP contribution is -2.24. The van der Waals surface area contributed by atoms with E-state index in [0.29, 0.717) is 5.92 Å². The fraction of sp³-hybridized carbons (Fsp3) is 0.750. The molecule has 1 aromatic heterocycles. The molecule has 0 radical (unpaired) electrons. The van der Waals surface area contributed by atoms with Crippen LogP contribution in [0.15, 0.2) is 10.9 Å². The number of rotatable bonds is 2. The van der Waals surface area contributed by atoms with Gasteiger partial charge in [0.25, 0.3) is 5.56 Å². The number of hydrogen-bond donors (Lipinski definition) is 1. The minimum Gasteiger partial charge on any atom is -0.310 e. The lowest BCUT2D eigenvalue weighted by molar-refractivity contribution is 0.311. The van der Waals surface area contributed by atoms with Crippen LogP contribution in [0.25, 0.3) is 0 Å². The summed E-state index contributed by atoms with van der Waals surface area (Å²) in [6, 6.07) is 1.64. The Hall–Kier alpha value is -1.12. The van der Waals surface area contributed by atoms with E-state index in [1.807, 2.05) is 0 Å². The monoisotopic (exact) mass is 262 g/mol. The summed E-state index contributed by atoms with van der Waals surface area (Å²) in [6.07, 6.45) is 6.14. The molecule has 0 spiro atoms. The molecule has 1 aromatic rings. The molecule has 0 bridgehead atoms. The van der Waals surface area contributed by atoms with Crippen LogP contribution in [-0.2, 0) is 5.41 Å². The van der Waals surface area contributed by atoms with Crippen LogP contribution >= 0.6 is 0 Å². The van der Waals surface area contributed by atoms with E-state index in [-0.39, 0.29) is 11.0 Å². The molecule has 1 aliphatic carbocycles. The van der Waals surface area contributed by atoms with Gasteiger partial charge in [-0.15, -0.1) is 0 Å². The third-order valence-electron chi connectivity index (χ3n) is 4.34. The maximum absolute atomic E-state index is 11.8. The molecule has 1 fully saturated rings. The van der Waals surface area contributed by atoms with Crippen molar-refractivity contribution in [1.82, 2.24) is 9.97 Å². The van der Waals surface area contributed by atoms with Crippen LogP contribution in [0.5, 0.6) is 0 Å². The maximum Gasteiger partial charge on any atom is 0.251 e. The number of hydrogen-bond acceptors (Lipinski definition) is 2. The second-order valence-electron chi connectivity index (χ2n) is 6.89. The summed E-state index contributed by atoms with van der Waals surface area (Å²) in [5.41, 5.74) is 0.834. The Morgan fingerprint density at radius 1 is 1.26 bits per heavy atom. The van der Waals surface area contributed by atoms with Crippen molar-refractivity contribution in [2.24, 2.45) is 5.92 Å². The molecule has 1 heterocycles. The summed E-state index contributed by atoms with van der Waals surface area (Å²) in [4.78, 5) is 19.5. The normalized spacial score (nSPS) is 24.4. The van der Waals surface area contributed by atoms with Gasteiger partial charge in [0.1, 0.15) is 5.82 Å². The summed E-state index contributed by atoms with van der Waals surface area (Å²) in [7, 11) is 0. The zero-order valence-corrected chi connectivity index (χ0v) is 12.6. The minimum absolute atomic E-state index is 0.00691. The quantitative estimate of drug-likeness (QED) is 0.882.